The number of rotatable bonds is 9. The SMILES string of the molecule is COc1ccc(F)cc1[C@H](Cn1c(=O)n(C(C)(C)C(=O)O)c(=O)c2c(C)c(-c3ncco3)sc21)O[C@H]1CCC2CO[C@H](C2)C1. The number of benzene rings is 1. The van der Waals surface area contributed by atoms with Crippen molar-refractivity contribution in [1.82, 2.24) is 14.1 Å². The van der Waals surface area contributed by atoms with Gasteiger partial charge in [0.1, 0.15) is 34.3 Å². The van der Waals surface area contributed by atoms with E-state index in [2.05, 4.69) is 4.98 Å². The van der Waals surface area contributed by atoms with Crippen molar-refractivity contribution in [3.63, 3.8) is 0 Å². The van der Waals surface area contributed by atoms with Crippen molar-refractivity contribution in [2.45, 2.75) is 76.9 Å². The normalized spacial score (nSPS) is 21.0. The second kappa shape index (κ2) is 11.6. The predicted molar refractivity (Wildman–Crippen MR) is 160 cm³/mol. The summed E-state index contributed by atoms with van der Waals surface area (Å²) >= 11 is 1.14. The monoisotopic (exact) mass is 627 g/mol. The Morgan fingerprint density at radius 2 is 2.07 bits per heavy atom. The molecule has 4 aromatic rings. The van der Waals surface area contributed by atoms with Gasteiger partial charge in [0.2, 0.25) is 5.89 Å². The zero-order valence-corrected chi connectivity index (χ0v) is 25.7. The Morgan fingerprint density at radius 3 is 2.77 bits per heavy atom. The third-order valence-corrected chi connectivity index (χ3v) is 10.1. The molecule has 1 unspecified atom stereocenters. The van der Waals surface area contributed by atoms with E-state index in [0.29, 0.717) is 38.9 Å². The van der Waals surface area contributed by atoms with E-state index < -0.39 is 34.7 Å². The van der Waals surface area contributed by atoms with E-state index >= 15 is 0 Å². The Morgan fingerprint density at radius 1 is 1.27 bits per heavy atom. The molecule has 0 spiro atoms. The number of thiophene rings is 1. The number of carbonyl (C=O) groups is 1. The van der Waals surface area contributed by atoms with E-state index in [1.807, 2.05) is 0 Å². The molecule has 0 radical (unpaired) electrons. The van der Waals surface area contributed by atoms with Gasteiger partial charge in [-0.2, -0.15) is 0 Å². The van der Waals surface area contributed by atoms with Gasteiger partial charge in [0.25, 0.3) is 5.56 Å². The maximum absolute atomic E-state index is 14.7. The molecule has 1 saturated heterocycles. The summed E-state index contributed by atoms with van der Waals surface area (Å²) in [6.07, 6.45) is 5.08. The Hall–Kier alpha value is -3.81. The fraction of sp³-hybridized carbons (Fsp3) is 0.484. The van der Waals surface area contributed by atoms with Crippen molar-refractivity contribution in [3.8, 4) is 16.5 Å². The maximum atomic E-state index is 14.7. The van der Waals surface area contributed by atoms with Crippen LogP contribution in [0.4, 0.5) is 4.39 Å². The average Bonchev–Trinajstić information content (AvgIpc) is 3.70. The first-order valence-corrected chi connectivity index (χ1v) is 15.3. The molecule has 3 aromatic heterocycles. The number of aryl methyl sites for hydroxylation is 1. The van der Waals surface area contributed by atoms with Crippen LogP contribution in [-0.2, 0) is 26.4 Å². The van der Waals surface area contributed by atoms with Crippen LogP contribution < -0.4 is 16.0 Å². The Labute approximate surface area is 255 Å². The fourth-order valence-electron chi connectivity index (χ4n) is 6.31. The molecule has 4 heterocycles. The van der Waals surface area contributed by atoms with Crippen molar-refractivity contribution >= 4 is 27.5 Å². The van der Waals surface area contributed by atoms with E-state index in [9.17, 15) is 23.9 Å². The summed E-state index contributed by atoms with van der Waals surface area (Å²) in [5, 5.41) is 10.2. The summed E-state index contributed by atoms with van der Waals surface area (Å²) in [7, 11) is 1.47. The second-order valence-electron chi connectivity index (χ2n) is 12.0. The number of ether oxygens (including phenoxy) is 3. The molecule has 1 aliphatic carbocycles. The number of halogens is 1. The highest BCUT2D eigenvalue weighted by Gasteiger charge is 2.38. The summed E-state index contributed by atoms with van der Waals surface area (Å²) in [5.41, 5.74) is -2.56. The zero-order valence-electron chi connectivity index (χ0n) is 24.9. The van der Waals surface area contributed by atoms with Crippen molar-refractivity contribution in [3.05, 3.63) is 68.4 Å². The predicted octanol–water partition coefficient (Wildman–Crippen LogP) is 4.87. The third-order valence-electron chi connectivity index (χ3n) is 8.75. The molecule has 1 saturated carbocycles. The van der Waals surface area contributed by atoms with Crippen LogP contribution in [0.2, 0.25) is 0 Å². The van der Waals surface area contributed by atoms with Gasteiger partial charge in [-0.15, -0.1) is 11.3 Å². The molecule has 2 fully saturated rings. The minimum atomic E-state index is -1.88. The number of oxazole rings is 1. The molecule has 2 bridgehead atoms. The zero-order chi connectivity index (χ0) is 31.3. The summed E-state index contributed by atoms with van der Waals surface area (Å²) in [5.74, 6) is -0.766. The molecule has 0 amide bonds. The molecular weight excluding hydrogens is 593 g/mol. The molecule has 1 N–H and O–H groups in total. The lowest BCUT2D eigenvalue weighted by molar-refractivity contribution is -0.146. The number of carboxylic acid groups (broad SMARTS) is 1. The lowest BCUT2D eigenvalue weighted by Gasteiger charge is -2.29. The number of nitrogens with zero attached hydrogens (tertiary/aromatic N) is 3. The molecule has 234 valence electrons. The lowest BCUT2D eigenvalue weighted by Crippen LogP contribution is -2.52. The largest absolute Gasteiger partial charge is 0.496 e. The second-order valence-corrected chi connectivity index (χ2v) is 13.0. The van der Waals surface area contributed by atoms with Gasteiger partial charge in [0.05, 0.1) is 42.3 Å². The van der Waals surface area contributed by atoms with Gasteiger partial charge in [-0.05, 0) is 76.1 Å². The Bertz CT molecular complexity index is 1830. The maximum Gasteiger partial charge on any atom is 0.333 e. The van der Waals surface area contributed by atoms with Crippen molar-refractivity contribution < 1.29 is 32.9 Å². The van der Waals surface area contributed by atoms with Gasteiger partial charge in [-0.25, -0.2) is 23.5 Å². The van der Waals surface area contributed by atoms with Crippen LogP contribution in [0.3, 0.4) is 0 Å². The minimum absolute atomic E-state index is 0.0542. The van der Waals surface area contributed by atoms with E-state index in [0.717, 1.165) is 41.8 Å². The fourth-order valence-corrected chi connectivity index (χ4v) is 7.55. The van der Waals surface area contributed by atoms with Crippen LogP contribution >= 0.6 is 11.3 Å². The molecular formula is C31H34FN3O8S. The minimum Gasteiger partial charge on any atom is -0.496 e. The van der Waals surface area contributed by atoms with Gasteiger partial charge >= 0.3 is 11.7 Å². The molecule has 4 atom stereocenters. The number of methoxy groups -OCH3 is 1. The molecule has 6 rings (SSSR count). The number of fused-ring (bicyclic) bond motifs is 3. The van der Waals surface area contributed by atoms with Crippen LogP contribution in [0, 0.1) is 18.7 Å². The number of hydrogen-bond acceptors (Lipinski definition) is 9. The number of aromatic nitrogens is 3. The standard InChI is InChI=1S/C31H34FN3O8S/c1-16-24-27(36)35(31(2,3)29(37)38)30(39)34(28(24)44-25(16)26-33-9-10-41-26)14-23(21-12-18(32)6-8-22(21)40-4)43-19-7-5-17-11-20(13-19)42-15-17/h6,8-10,12,17,19-20,23H,5,7,11,13-15H2,1-4H3,(H,37,38)/t17?,19-,20+,23-/m0/s1. The van der Waals surface area contributed by atoms with Crippen LogP contribution in [0.25, 0.3) is 21.0 Å². The first kappa shape index (κ1) is 30.2. The molecule has 11 nitrogen and oxygen atoms in total. The molecule has 1 aliphatic heterocycles. The highest BCUT2D eigenvalue weighted by molar-refractivity contribution is 7.22. The van der Waals surface area contributed by atoms with Crippen LogP contribution in [0.5, 0.6) is 5.75 Å². The van der Waals surface area contributed by atoms with E-state index in [1.165, 1.54) is 56.2 Å². The van der Waals surface area contributed by atoms with Gasteiger partial charge in [-0.3, -0.25) is 9.36 Å². The van der Waals surface area contributed by atoms with Gasteiger partial charge in [0.15, 0.2) is 0 Å². The summed E-state index contributed by atoms with van der Waals surface area (Å²) < 4.78 is 40.6. The number of carboxylic acids is 1. The Kier molecular flexibility index (Phi) is 7.97. The molecule has 44 heavy (non-hydrogen) atoms. The molecule has 1 aromatic carbocycles. The first-order chi connectivity index (χ1) is 21.0. The quantitative estimate of drug-likeness (QED) is 0.276. The van der Waals surface area contributed by atoms with Crippen LogP contribution in [0.15, 0.2) is 44.7 Å². The van der Waals surface area contributed by atoms with Gasteiger partial charge in [0, 0.05) is 12.2 Å². The first-order valence-electron chi connectivity index (χ1n) is 14.5. The van der Waals surface area contributed by atoms with Crippen LogP contribution in [-0.4, -0.2) is 51.1 Å². The third kappa shape index (κ3) is 5.26. The van der Waals surface area contributed by atoms with Gasteiger partial charge in [-0.1, -0.05) is 0 Å². The van der Waals surface area contributed by atoms with Crippen molar-refractivity contribution in [1.29, 1.82) is 0 Å². The highest BCUT2D eigenvalue weighted by Crippen LogP contribution is 2.39. The number of hydrogen-bond donors (Lipinski definition) is 1. The van der Waals surface area contributed by atoms with Crippen molar-refractivity contribution in [2.24, 2.45) is 5.92 Å². The highest BCUT2D eigenvalue weighted by atomic mass is 32.1. The van der Waals surface area contributed by atoms with Crippen molar-refractivity contribution in [2.75, 3.05) is 13.7 Å². The summed E-state index contributed by atoms with van der Waals surface area (Å²) in [4.78, 5) is 45.6. The smallest absolute Gasteiger partial charge is 0.333 e. The topological polar surface area (TPSA) is 135 Å². The Balaban J connectivity index is 1.55. The summed E-state index contributed by atoms with van der Waals surface area (Å²) in [6, 6.07) is 4.10. The van der Waals surface area contributed by atoms with E-state index in [-0.39, 0.29) is 30.0 Å². The van der Waals surface area contributed by atoms with E-state index in [1.54, 1.807) is 6.92 Å². The number of aliphatic carboxylic acids is 1. The van der Waals surface area contributed by atoms with Gasteiger partial charge < -0.3 is 23.7 Å². The van der Waals surface area contributed by atoms with Crippen LogP contribution in [0.1, 0.15) is 56.8 Å². The molecule has 2 aliphatic rings. The van der Waals surface area contributed by atoms with E-state index in [4.69, 9.17) is 18.6 Å². The lowest BCUT2D eigenvalue weighted by atomic mass is 10.0. The molecule has 13 heteroatoms. The summed E-state index contributed by atoms with van der Waals surface area (Å²) in [6.45, 7) is 4.89. The average molecular weight is 628 g/mol.